The molecule has 2 aromatic carbocycles. The van der Waals surface area contributed by atoms with Crippen molar-refractivity contribution in [3.8, 4) is 11.1 Å². The zero-order chi connectivity index (χ0) is 12.3. The molecule has 0 atom stereocenters. The Kier molecular flexibility index (Phi) is 4.21. The highest BCUT2D eigenvalue weighted by Crippen LogP contribution is 2.27. The van der Waals surface area contributed by atoms with Gasteiger partial charge in [-0.25, -0.2) is 0 Å². The summed E-state index contributed by atoms with van der Waals surface area (Å²) in [6, 6.07) is 14.4. The average molecular weight is 311 g/mol. The molecule has 0 spiro atoms. The van der Waals surface area contributed by atoms with E-state index in [9.17, 15) is 0 Å². The van der Waals surface area contributed by atoms with Crippen LogP contribution in [0.15, 0.2) is 46.9 Å². The first-order valence-electron chi connectivity index (χ1n) is 5.39. The van der Waals surface area contributed by atoms with Crippen LogP contribution in [0.25, 0.3) is 11.1 Å². The second-order valence-electron chi connectivity index (χ2n) is 3.85. The first kappa shape index (κ1) is 12.6. The van der Waals surface area contributed by atoms with Gasteiger partial charge in [0, 0.05) is 16.0 Å². The van der Waals surface area contributed by atoms with E-state index in [-0.39, 0.29) is 0 Å². The lowest BCUT2D eigenvalue weighted by atomic mass is 10.0. The van der Waals surface area contributed by atoms with Crippen molar-refractivity contribution in [1.29, 1.82) is 0 Å². The number of hydrogen-bond acceptors (Lipinski definition) is 1. The summed E-state index contributed by atoms with van der Waals surface area (Å²) in [4.78, 5) is 0. The first-order valence-corrected chi connectivity index (χ1v) is 6.57. The van der Waals surface area contributed by atoms with Gasteiger partial charge in [-0.3, -0.25) is 0 Å². The van der Waals surface area contributed by atoms with Gasteiger partial charge in [-0.1, -0.05) is 45.7 Å². The molecule has 0 aromatic heterocycles. The summed E-state index contributed by atoms with van der Waals surface area (Å²) < 4.78 is 1.08. The summed E-state index contributed by atoms with van der Waals surface area (Å²) in [5, 5.41) is 3.92. The molecular formula is C14H13BrClN. The average Bonchev–Trinajstić information content (AvgIpc) is 2.32. The largest absolute Gasteiger partial charge is 0.316 e. The predicted octanol–water partition coefficient (Wildman–Crippen LogP) is 4.49. The van der Waals surface area contributed by atoms with E-state index < -0.39 is 0 Å². The molecular weight excluding hydrogens is 298 g/mol. The number of hydrogen-bond donors (Lipinski definition) is 1. The molecule has 0 aliphatic carbocycles. The van der Waals surface area contributed by atoms with E-state index in [1.54, 1.807) is 0 Å². The van der Waals surface area contributed by atoms with Gasteiger partial charge in [0.15, 0.2) is 0 Å². The van der Waals surface area contributed by atoms with Gasteiger partial charge >= 0.3 is 0 Å². The molecule has 1 N–H and O–H groups in total. The summed E-state index contributed by atoms with van der Waals surface area (Å²) in [6.45, 7) is 0.778. The third kappa shape index (κ3) is 3.09. The second kappa shape index (κ2) is 5.67. The van der Waals surface area contributed by atoms with E-state index in [4.69, 9.17) is 11.6 Å². The minimum atomic E-state index is 0.778. The molecule has 2 rings (SSSR count). The molecule has 88 valence electrons. The van der Waals surface area contributed by atoms with Crippen molar-refractivity contribution in [1.82, 2.24) is 5.32 Å². The van der Waals surface area contributed by atoms with Gasteiger partial charge in [-0.05, 0) is 48.0 Å². The first-order chi connectivity index (χ1) is 8.20. The highest BCUT2D eigenvalue weighted by molar-refractivity contribution is 9.10. The molecule has 0 saturated heterocycles. The second-order valence-corrected chi connectivity index (χ2v) is 5.17. The highest BCUT2D eigenvalue weighted by atomic mass is 79.9. The topological polar surface area (TPSA) is 12.0 Å². The van der Waals surface area contributed by atoms with E-state index in [1.807, 2.05) is 31.3 Å². The molecule has 0 aliphatic heterocycles. The standard InChI is InChI=1S/C14H13BrClN/c1-17-9-12-7-11(5-6-14(12)16)10-3-2-4-13(15)8-10/h2-8,17H,9H2,1H3. The molecule has 0 amide bonds. The van der Waals surface area contributed by atoms with Crippen molar-refractivity contribution in [3.63, 3.8) is 0 Å². The predicted molar refractivity (Wildman–Crippen MR) is 77.4 cm³/mol. The van der Waals surface area contributed by atoms with Crippen molar-refractivity contribution in [2.24, 2.45) is 0 Å². The summed E-state index contributed by atoms with van der Waals surface area (Å²) in [6.07, 6.45) is 0. The van der Waals surface area contributed by atoms with E-state index in [0.717, 1.165) is 21.6 Å². The van der Waals surface area contributed by atoms with Crippen LogP contribution >= 0.6 is 27.5 Å². The monoisotopic (exact) mass is 309 g/mol. The van der Waals surface area contributed by atoms with E-state index in [2.05, 4.69) is 39.4 Å². The summed E-state index contributed by atoms with van der Waals surface area (Å²) in [5.41, 5.74) is 3.49. The van der Waals surface area contributed by atoms with E-state index >= 15 is 0 Å². The van der Waals surface area contributed by atoms with Crippen molar-refractivity contribution in [2.75, 3.05) is 7.05 Å². The normalized spacial score (nSPS) is 10.5. The third-order valence-corrected chi connectivity index (χ3v) is 3.43. The van der Waals surface area contributed by atoms with Crippen LogP contribution in [0.4, 0.5) is 0 Å². The summed E-state index contributed by atoms with van der Waals surface area (Å²) in [5.74, 6) is 0. The molecule has 0 heterocycles. The molecule has 17 heavy (non-hydrogen) atoms. The molecule has 3 heteroatoms. The van der Waals surface area contributed by atoms with Gasteiger partial charge in [-0.2, -0.15) is 0 Å². The maximum Gasteiger partial charge on any atom is 0.0451 e. The number of rotatable bonds is 3. The van der Waals surface area contributed by atoms with Crippen molar-refractivity contribution in [2.45, 2.75) is 6.54 Å². The fraction of sp³-hybridized carbons (Fsp3) is 0.143. The smallest absolute Gasteiger partial charge is 0.0451 e. The van der Waals surface area contributed by atoms with Crippen LogP contribution in [0.3, 0.4) is 0 Å². The summed E-state index contributed by atoms with van der Waals surface area (Å²) >= 11 is 9.63. The zero-order valence-corrected chi connectivity index (χ0v) is 11.8. The quantitative estimate of drug-likeness (QED) is 0.881. The molecule has 0 unspecified atom stereocenters. The molecule has 0 saturated carbocycles. The van der Waals surface area contributed by atoms with Gasteiger partial charge in [0.1, 0.15) is 0 Å². The molecule has 0 aliphatic rings. The fourth-order valence-electron chi connectivity index (χ4n) is 1.75. The fourth-order valence-corrected chi connectivity index (χ4v) is 2.33. The number of halogens is 2. The van der Waals surface area contributed by atoms with Crippen LogP contribution in [-0.4, -0.2) is 7.05 Å². The van der Waals surface area contributed by atoms with Crippen LogP contribution in [-0.2, 0) is 6.54 Å². The van der Waals surface area contributed by atoms with E-state index in [0.29, 0.717) is 0 Å². The maximum absolute atomic E-state index is 6.14. The van der Waals surface area contributed by atoms with Crippen LogP contribution in [0.1, 0.15) is 5.56 Å². The Hall–Kier alpha value is -0.830. The Balaban J connectivity index is 2.42. The molecule has 0 radical (unpaired) electrons. The number of nitrogens with one attached hydrogen (secondary N) is 1. The van der Waals surface area contributed by atoms with Gasteiger partial charge in [0.2, 0.25) is 0 Å². The van der Waals surface area contributed by atoms with Crippen LogP contribution in [0, 0.1) is 0 Å². The van der Waals surface area contributed by atoms with Crippen LogP contribution in [0.2, 0.25) is 5.02 Å². The third-order valence-electron chi connectivity index (χ3n) is 2.57. The SMILES string of the molecule is CNCc1cc(-c2cccc(Br)c2)ccc1Cl. The minimum Gasteiger partial charge on any atom is -0.316 e. The van der Waals surface area contributed by atoms with Crippen molar-refractivity contribution < 1.29 is 0 Å². The lowest BCUT2D eigenvalue weighted by Crippen LogP contribution is -2.05. The Morgan fingerprint density at radius 1 is 1.12 bits per heavy atom. The van der Waals surface area contributed by atoms with Gasteiger partial charge < -0.3 is 5.32 Å². The summed E-state index contributed by atoms with van der Waals surface area (Å²) in [7, 11) is 1.92. The molecule has 0 fully saturated rings. The highest BCUT2D eigenvalue weighted by Gasteiger charge is 2.03. The molecule has 2 aromatic rings. The Labute approximate surface area is 115 Å². The van der Waals surface area contributed by atoms with Crippen LogP contribution in [0.5, 0.6) is 0 Å². The van der Waals surface area contributed by atoms with Crippen molar-refractivity contribution >= 4 is 27.5 Å². The van der Waals surface area contributed by atoms with Gasteiger partial charge in [-0.15, -0.1) is 0 Å². The Morgan fingerprint density at radius 3 is 2.59 bits per heavy atom. The molecule has 0 bridgehead atoms. The minimum absolute atomic E-state index is 0.778. The lowest BCUT2D eigenvalue weighted by molar-refractivity contribution is 0.818. The molecule has 1 nitrogen and oxygen atoms in total. The zero-order valence-electron chi connectivity index (χ0n) is 9.50. The Morgan fingerprint density at radius 2 is 1.88 bits per heavy atom. The van der Waals surface area contributed by atoms with Gasteiger partial charge in [0.25, 0.3) is 0 Å². The number of benzene rings is 2. The maximum atomic E-state index is 6.14. The Bertz CT molecular complexity index is 525. The van der Waals surface area contributed by atoms with Crippen molar-refractivity contribution in [3.05, 3.63) is 57.5 Å². The van der Waals surface area contributed by atoms with E-state index in [1.165, 1.54) is 11.1 Å². The van der Waals surface area contributed by atoms with Crippen LogP contribution < -0.4 is 5.32 Å². The lowest BCUT2D eigenvalue weighted by Gasteiger charge is -2.08. The van der Waals surface area contributed by atoms with Gasteiger partial charge in [0.05, 0.1) is 0 Å².